The second kappa shape index (κ2) is 4.75. The van der Waals surface area contributed by atoms with Gasteiger partial charge < -0.3 is 5.11 Å². The molecule has 2 N–H and O–H groups in total. The van der Waals surface area contributed by atoms with E-state index in [0.29, 0.717) is 0 Å². The average molecular weight is 284 g/mol. The van der Waals surface area contributed by atoms with Gasteiger partial charge in [-0.2, -0.15) is 0 Å². The summed E-state index contributed by atoms with van der Waals surface area (Å²) >= 11 is 0.856. The molecule has 0 aromatic carbocycles. The van der Waals surface area contributed by atoms with Gasteiger partial charge in [0.05, 0.1) is 0 Å². The molecule has 0 fully saturated rings. The zero-order valence-corrected chi connectivity index (χ0v) is 10.5. The number of carboxylic acid groups (broad SMARTS) is 1. The molecule has 0 spiro atoms. The van der Waals surface area contributed by atoms with Gasteiger partial charge >= 0.3 is 5.97 Å². The van der Waals surface area contributed by atoms with E-state index in [1.165, 1.54) is 23.7 Å². The lowest BCUT2D eigenvalue weighted by molar-refractivity contribution is 0.0698. The van der Waals surface area contributed by atoms with E-state index < -0.39 is 16.0 Å². The van der Waals surface area contributed by atoms with Crippen LogP contribution < -0.4 is 4.72 Å². The van der Waals surface area contributed by atoms with Gasteiger partial charge in [-0.25, -0.2) is 18.2 Å². The quantitative estimate of drug-likeness (QED) is 0.889. The Balaban J connectivity index is 2.37. The molecular weight excluding hydrogens is 276 g/mol. The number of rotatable bonds is 4. The highest BCUT2D eigenvalue weighted by Gasteiger charge is 2.23. The summed E-state index contributed by atoms with van der Waals surface area (Å²) in [6.07, 6.45) is 1.43. The number of nitrogens with zero attached hydrogens (tertiary/aromatic N) is 1. The molecule has 94 valence electrons. The Kier molecular flexibility index (Phi) is 3.30. The highest BCUT2D eigenvalue weighted by molar-refractivity contribution is 7.93. The summed E-state index contributed by atoms with van der Waals surface area (Å²) in [5.74, 6) is -1.13. The zero-order valence-electron chi connectivity index (χ0n) is 8.90. The van der Waals surface area contributed by atoms with Crippen LogP contribution in [0, 0.1) is 0 Å². The van der Waals surface area contributed by atoms with Crippen LogP contribution in [0.4, 0.5) is 5.82 Å². The number of carbonyl (C=O) groups is 1. The van der Waals surface area contributed by atoms with E-state index in [4.69, 9.17) is 5.11 Å². The van der Waals surface area contributed by atoms with Gasteiger partial charge in [0.2, 0.25) is 0 Å². The van der Waals surface area contributed by atoms with Gasteiger partial charge in [-0.05, 0) is 23.6 Å². The third-order valence-corrected chi connectivity index (χ3v) is 4.45. The number of pyridine rings is 1. The van der Waals surface area contributed by atoms with Crippen molar-refractivity contribution in [3.63, 3.8) is 0 Å². The van der Waals surface area contributed by atoms with Crippen LogP contribution in [0.1, 0.15) is 9.67 Å². The fourth-order valence-electron chi connectivity index (χ4n) is 1.28. The Hall–Kier alpha value is -1.93. The van der Waals surface area contributed by atoms with Gasteiger partial charge in [0, 0.05) is 6.20 Å². The molecule has 0 saturated carbocycles. The first-order valence-electron chi connectivity index (χ1n) is 4.75. The molecule has 0 unspecified atom stereocenters. The topological polar surface area (TPSA) is 96.4 Å². The van der Waals surface area contributed by atoms with Crippen LogP contribution in [-0.4, -0.2) is 24.5 Å². The smallest absolute Gasteiger partial charge is 0.347 e. The van der Waals surface area contributed by atoms with E-state index in [0.717, 1.165) is 11.3 Å². The molecule has 0 bridgehead atoms. The highest BCUT2D eigenvalue weighted by atomic mass is 32.2. The number of aromatic carboxylic acids is 1. The summed E-state index contributed by atoms with van der Waals surface area (Å²) in [6, 6.07) is 5.99. The highest BCUT2D eigenvalue weighted by Crippen LogP contribution is 2.23. The molecule has 18 heavy (non-hydrogen) atoms. The summed E-state index contributed by atoms with van der Waals surface area (Å²) in [7, 11) is -3.93. The van der Waals surface area contributed by atoms with Crippen molar-refractivity contribution < 1.29 is 18.3 Å². The van der Waals surface area contributed by atoms with E-state index in [2.05, 4.69) is 9.71 Å². The van der Waals surface area contributed by atoms with Gasteiger partial charge in [-0.15, -0.1) is 11.3 Å². The molecule has 2 aromatic heterocycles. The first kappa shape index (κ1) is 12.5. The molecule has 0 aliphatic rings. The predicted molar refractivity (Wildman–Crippen MR) is 66.3 cm³/mol. The normalized spacial score (nSPS) is 11.1. The zero-order chi connectivity index (χ0) is 13.2. The molecule has 8 heteroatoms. The summed E-state index contributed by atoms with van der Waals surface area (Å²) in [4.78, 5) is 14.2. The van der Waals surface area contributed by atoms with Crippen LogP contribution >= 0.6 is 11.3 Å². The van der Waals surface area contributed by atoms with Crippen LogP contribution in [0.15, 0.2) is 40.7 Å². The molecule has 0 aliphatic heterocycles. The largest absolute Gasteiger partial charge is 0.477 e. The maximum absolute atomic E-state index is 12.0. The molecule has 2 aromatic rings. The van der Waals surface area contributed by atoms with Crippen LogP contribution in [0.25, 0.3) is 0 Å². The van der Waals surface area contributed by atoms with Gasteiger partial charge in [0.1, 0.15) is 15.6 Å². The number of hydrogen-bond donors (Lipinski definition) is 2. The fourth-order valence-corrected chi connectivity index (χ4v) is 3.55. The van der Waals surface area contributed by atoms with Gasteiger partial charge in [-0.3, -0.25) is 4.72 Å². The van der Waals surface area contributed by atoms with Crippen molar-refractivity contribution in [1.29, 1.82) is 0 Å². The average Bonchev–Trinajstić information content (AvgIpc) is 2.79. The Morgan fingerprint density at radius 2 is 2.11 bits per heavy atom. The van der Waals surface area contributed by atoms with Gasteiger partial charge in [0.15, 0.2) is 0 Å². The van der Waals surface area contributed by atoms with Crippen molar-refractivity contribution >= 4 is 33.1 Å². The molecule has 0 atom stereocenters. The van der Waals surface area contributed by atoms with Gasteiger partial charge in [-0.1, -0.05) is 6.07 Å². The Morgan fingerprint density at radius 3 is 2.72 bits per heavy atom. The molecule has 0 aliphatic carbocycles. The van der Waals surface area contributed by atoms with Crippen LogP contribution in [-0.2, 0) is 10.0 Å². The summed E-state index contributed by atoms with van der Waals surface area (Å²) in [6.45, 7) is 0. The van der Waals surface area contributed by atoms with E-state index in [1.807, 2.05) is 0 Å². The lowest BCUT2D eigenvalue weighted by Gasteiger charge is -2.06. The molecule has 2 heterocycles. The lowest BCUT2D eigenvalue weighted by atomic mass is 10.5. The molecule has 2 rings (SSSR count). The van der Waals surface area contributed by atoms with Crippen molar-refractivity contribution in [1.82, 2.24) is 4.98 Å². The van der Waals surface area contributed by atoms with Gasteiger partial charge in [0.25, 0.3) is 10.0 Å². The minimum absolute atomic E-state index is 0.139. The molecule has 0 amide bonds. The summed E-state index contributed by atoms with van der Waals surface area (Å²) in [5.41, 5.74) is 0. The minimum atomic E-state index is -3.93. The number of carboxylic acids is 1. The molecule has 0 saturated heterocycles. The second-order valence-electron chi connectivity index (χ2n) is 3.24. The third kappa shape index (κ3) is 2.49. The standard InChI is InChI=1S/C10H8N2O4S2/c13-10(14)9-7(4-6-17-9)18(15,16)12-8-3-1-2-5-11-8/h1-6H,(H,11,12)(H,13,14). The Bertz CT molecular complexity index is 664. The molecule has 6 nitrogen and oxygen atoms in total. The van der Waals surface area contributed by atoms with Crippen molar-refractivity contribution in [2.45, 2.75) is 4.90 Å². The van der Waals surface area contributed by atoms with Crippen LogP contribution in [0.3, 0.4) is 0 Å². The maximum Gasteiger partial charge on any atom is 0.347 e. The number of sulfonamides is 1. The Morgan fingerprint density at radius 1 is 1.33 bits per heavy atom. The number of thiophene rings is 1. The Labute approximate surface area is 107 Å². The number of aromatic nitrogens is 1. The second-order valence-corrected chi connectivity index (χ2v) is 5.81. The number of hydrogen-bond acceptors (Lipinski definition) is 5. The maximum atomic E-state index is 12.0. The van der Waals surface area contributed by atoms with Crippen LogP contribution in [0.2, 0.25) is 0 Å². The number of nitrogens with one attached hydrogen (secondary N) is 1. The monoisotopic (exact) mass is 284 g/mol. The van der Waals surface area contributed by atoms with E-state index >= 15 is 0 Å². The predicted octanol–water partition coefficient (Wildman–Crippen LogP) is 1.64. The third-order valence-electron chi connectivity index (χ3n) is 2.02. The SMILES string of the molecule is O=C(O)c1sccc1S(=O)(=O)Nc1ccccn1. The first-order chi connectivity index (χ1) is 8.50. The first-order valence-corrected chi connectivity index (χ1v) is 7.11. The summed E-state index contributed by atoms with van der Waals surface area (Å²) < 4.78 is 26.2. The lowest BCUT2D eigenvalue weighted by Crippen LogP contribution is -2.15. The molecule has 0 radical (unpaired) electrons. The van der Waals surface area contributed by atoms with Crippen molar-refractivity contribution in [2.24, 2.45) is 0 Å². The number of anilines is 1. The fraction of sp³-hybridized carbons (Fsp3) is 0. The van der Waals surface area contributed by atoms with E-state index in [9.17, 15) is 13.2 Å². The molecular formula is C10H8N2O4S2. The minimum Gasteiger partial charge on any atom is -0.477 e. The van der Waals surface area contributed by atoms with E-state index in [-0.39, 0.29) is 15.6 Å². The van der Waals surface area contributed by atoms with Crippen molar-refractivity contribution in [3.05, 3.63) is 40.7 Å². The summed E-state index contributed by atoms with van der Waals surface area (Å²) in [5, 5.41) is 10.3. The van der Waals surface area contributed by atoms with Crippen molar-refractivity contribution in [2.75, 3.05) is 4.72 Å². The van der Waals surface area contributed by atoms with E-state index in [1.54, 1.807) is 12.1 Å². The van der Waals surface area contributed by atoms with Crippen LogP contribution in [0.5, 0.6) is 0 Å². The van der Waals surface area contributed by atoms with Crippen molar-refractivity contribution in [3.8, 4) is 0 Å².